The van der Waals surface area contributed by atoms with Crippen LogP contribution in [-0.2, 0) is 6.54 Å². The molecule has 1 saturated heterocycles. The normalized spacial score (nSPS) is 17.2. The van der Waals surface area contributed by atoms with Crippen molar-refractivity contribution in [2.24, 2.45) is 5.73 Å². The molecule has 0 atom stereocenters. The van der Waals surface area contributed by atoms with Crippen LogP contribution in [0.1, 0.15) is 16.1 Å². The number of pyridine rings is 1. The number of aromatic nitrogens is 1. The zero-order valence-electron chi connectivity index (χ0n) is 9.15. The summed E-state index contributed by atoms with van der Waals surface area (Å²) in [6.45, 7) is 5.06. The van der Waals surface area contributed by atoms with Gasteiger partial charge in [-0.3, -0.25) is 14.7 Å². The van der Waals surface area contributed by atoms with Gasteiger partial charge < -0.3 is 11.1 Å². The number of rotatable bonds is 3. The maximum absolute atomic E-state index is 10.8. The van der Waals surface area contributed by atoms with Crippen LogP contribution in [0.25, 0.3) is 0 Å². The fourth-order valence-corrected chi connectivity index (χ4v) is 1.79. The van der Waals surface area contributed by atoms with Gasteiger partial charge in [0.2, 0.25) is 0 Å². The minimum atomic E-state index is -0.478. The SMILES string of the molecule is NC(=O)c1ccc(CN2CCNCC2)cn1. The average molecular weight is 220 g/mol. The van der Waals surface area contributed by atoms with Gasteiger partial charge in [0.25, 0.3) is 5.91 Å². The van der Waals surface area contributed by atoms with E-state index in [0.717, 1.165) is 38.3 Å². The minimum absolute atomic E-state index is 0.323. The van der Waals surface area contributed by atoms with E-state index in [1.165, 1.54) is 0 Å². The molecular weight excluding hydrogens is 204 g/mol. The van der Waals surface area contributed by atoms with Crippen LogP contribution in [0.5, 0.6) is 0 Å². The lowest BCUT2D eigenvalue weighted by Gasteiger charge is -2.26. The molecular formula is C11H16N4O. The van der Waals surface area contributed by atoms with Crippen LogP contribution in [-0.4, -0.2) is 42.0 Å². The highest BCUT2D eigenvalue weighted by Gasteiger charge is 2.10. The number of nitrogens with two attached hydrogens (primary N) is 1. The van der Waals surface area contributed by atoms with Crippen molar-refractivity contribution in [1.82, 2.24) is 15.2 Å². The van der Waals surface area contributed by atoms with Gasteiger partial charge in [-0.1, -0.05) is 6.07 Å². The smallest absolute Gasteiger partial charge is 0.267 e. The highest BCUT2D eigenvalue weighted by molar-refractivity contribution is 5.90. The quantitative estimate of drug-likeness (QED) is 0.726. The van der Waals surface area contributed by atoms with E-state index in [0.29, 0.717) is 5.69 Å². The van der Waals surface area contributed by atoms with Crippen molar-refractivity contribution >= 4 is 5.91 Å². The molecule has 0 spiro atoms. The average Bonchev–Trinajstić information content (AvgIpc) is 2.31. The predicted octanol–water partition coefficient (Wildman–Crippen LogP) is -0.414. The fourth-order valence-electron chi connectivity index (χ4n) is 1.79. The Morgan fingerprint density at radius 2 is 2.19 bits per heavy atom. The summed E-state index contributed by atoms with van der Waals surface area (Å²) in [5.74, 6) is -0.478. The molecule has 0 saturated carbocycles. The molecule has 0 aliphatic carbocycles. The third kappa shape index (κ3) is 2.77. The summed E-state index contributed by atoms with van der Waals surface area (Å²) < 4.78 is 0. The standard InChI is InChI=1S/C11H16N4O/c12-11(16)10-2-1-9(7-14-10)8-15-5-3-13-4-6-15/h1-2,7,13H,3-6,8H2,(H2,12,16). The molecule has 1 aromatic heterocycles. The lowest BCUT2D eigenvalue weighted by atomic mass is 10.2. The molecule has 1 amide bonds. The van der Waals surface area contributed by atoms with E-state index >= 15 is 0 Å². The zero-order valence-corrected chi connectivity index (χ0v) is 9.15. The summed E-state index contributed by atoms with van der Waals surface area (Å²) in [5, 5.41) is 3.31. The Morgan fingerprint density at radius 1 is 1.44 bits per heavy atom. The van der Waals surface area contributed by atoms with Gasteiger partial charge in [-0.05, 0) is 11.6 Å². The zero-order chi connectivity index (χ0) is 11.4. The predicted molar refractivity (Wildman–Crippen MR) is 60.9 cm³/mol. The molecule has 16 heavy (non-hydrogen) atoms. The summed E-state index contributed by atoms with van der Waals surface area (Å²) in [6.07, 6.45) is 1.72. The van der Waals surface area contributed by atoms with E-state index in [1.54, 1.807) is 12.3 Å². The van der Waals surface area contributed by atoms with Crippen LogP contribution < -0.4 is 11.1 Å². The minimum Gasteiger partial charge on any atom is -0.364 e. The first-order chi connectivity index (χ1) is 7.75. The molecule has 0 unspecified atom stereocenters. The number of hydrogen-bond acceptors (Lipinski definition) is 4. The molecule has 3 N–H and O–H groups in total. The first kappa shape index (κ1) is 11.0. The molecule has 1 aromatic rings. The van der Waals surface area contributed by atoms with E-state index in [1.807, 2.05) is 6.07 Å². The van der Waals surface area contributed by atoms with Gasteiger partial charge in [0.1, 0.15) is 5.69 Å². The third-order valence-corrected chi connectivity index (χ3v) is 2.69. The van der Waals surface area contributed by atoms with E-state index in [4.69, 9.17) is 5.73 Å². The van der Waals surface area contributed by atoms with Gasteiger partial charge in [0.15, 0.2) is 0 Å². The van der Waals surface area contributed by atoms with Gasteiger partial charge in [0.05, 0.1) is 0 Å². The van der Waals surface area contributed by atoms with E-state index in [2.05, 4.69) is 15.2 Å². The molecule has 1 aliphatic heterocycles. The number of piperazine rings is 1. The number of carbonyl (C=O) groups excluding carboxylic acids is 1. The molecule has 1 fully saturated rings. The third-order valence-electron chi connectivity index (χ3n) is 2.69. The number of primary amides is 1. The van der Waals surface area contributed by atoms with Crippen molar-refractivity contribution in [3.8, 4) is 0 Å². The van der Waals surface area contributed by atoms with Gasteiger partial charge in [-0.2, -0.15) is 0 Å². The van der Waals surface area contributed by atoms with E-state index in [9.17, 15) is 4.79 Å². The second kappa shape index (κ2) is 5.05. The largest absolute Gasteiger partial charge is 0.364 e. The second-order valence-corrected chi connectivity index (χ2v) is 3.94. The molecule has 5 heteroatoms. The molecule has 1 aliphatic rings. The number of carbonyl (C=O) groups is 1. The van der Waals surface area contributed by atoms with Crippen molar-refractivity contribution in [1.29, 1.82) is 0 Å². The van der Waals surface area contributed by atoms with Crippen LogP contribution in [0.15, 0.2) is 18.3 Å². The van der Waals surface area contributed by atoms with Gasteiger partial charge in [0, 0.05) is 38.9 Å². The van der Waals surface area contributed by atoms with Crippen LogP contribution in [0.2, 0.25) is 0 Å². The van der Waals surface area contributed by atoms with Crippen molar-refractivity contribution in [3.63, 3.8) is 0 Å². The van der Waals surface area contributed by atoms with Crippen molar-refractivity contribution in [3.05, 3.63) is 29.6 Å². The molecule has 86 valence electrons. The van der Waals surface area contributed by atoms with Crippen molar-refractivity contribution in [2.75, 3.05) is 26.2 Å². The maximum atomic E-state index is 10.8. The van der Waals surface area contributed by atoms with E-state index in [-0.39, 0.29) is 0 Å². The van der Waals surface area contributed by atoms with Gasteiger partial charge in [-0.25, -0.2) is 0 Å². The van der Waals surface area contributed by atoms with Crippen LogP contribution in [0.3, 0.4) is 0 Å². The van der Waals surface area contributed by atoms with Gasteiger partial charge >= 0.3 is 0 Å². The summed E-state index contributed by atoms with van der Waals surface area (Å²) in [6, 6.07) is 3.59. The van der Waals surface area contributed by atoms with Crippen LogP contribution in [0.4, 0.5) is 0 Å². The number of amides is 1. The molecule has 5 nitrogen and oxygen atoms in total. The first-order valence-electron chi connectivity index (χ1n) is 5.43. The lowest BCUT2D eigenvalue weighted by molar-refractivity contribution is 0.0995. The Balaban J connectivity index is 1.96. The molecule has 0 bridgehead atoms. The Labute approximate surface area is 94.6 Å². The number of nitrogens with one attached hydrogen (secondary N) is 1. The monoisotopic (exact) mass is 220 g/mol. The lowest BCUT2D eigenvalue weighted by Crippen LogP contribution is -2.42. The molecule has 0 aromatic carbocycles. The summed E-state index contributed by atoms with van der Waals surface area (Å²) in [7, 11) is 0. The van der Waals surface area contributed by atoms with Crippen LogP contribution >= 0.6 is 0 Å². The summed E-state index contributed by atoms with van der Waals surface area (Å²) in [4.78, 5) is 17.2. The highest BCUT2D eigenvalue weighted by Crippen LogP contribution is 2.05. The maximum Gasteiger partial charge on any atom is 0.267 e. The Morgan fingerprint density at radius 3 is 2.75 bits per heavy atom. The highest BCUT2D eigenvalue weighted by atomic mass is 16.1. The Hall–Kier alpha value is -1.46. The summed E-state index contributed by atoms with van der Waals surface area (Å²) in [5.41, 5.74) is 6.57. The molecule has 2 heterocycles. The molecule has 2 rings (SSSR count). The number of hydrogen-bond donors (Lipinski definition) is 2. The van der Waals surface area contributed by atoms with Crippen molar-refractivity contribution in [2.45, 2.75) is 6.54 Å². The van der Waals surface area contributed by atoms with Gasteiger partial charge in [-0.15, -0.1) is 0 Å². The number of nitrogens with zero attached hydrogens (tertiary/aromatic N) is 2. The van der Waals surface area contributed by atoms with E-state index < -0.39 is 5.91 Å². The Bertz CT molecular complexity index is 357. The molecule has 0 radical (unpaired) electrons. The Kier molecular flexibility index (Phi) is 3.48. The first-order valence-corrected chi connectivity index (χ1v) is 5.43. The van der Waals surface area contributed by atoms with Crippen LogP contribution in [0, 0.1) is 0 Å². The van der Waals surface area contributed by atoms with Crippen molar-refractivity contribution < 1.29 is 4.79 Å². The fraction of sp³-hybridized carbons (Fsp3) is 0.455. The second-order valence-electron chi connectivity index (χ2n) is 3.94. The summed E-state index contributed by atoms with van der Waals surface area (Å²) >= 11 is 0. The topological polar surface area (TPSA) is 71.2 Å².